The Morgan fingerprint density at radius 2 is 2.24 bits per heavy atom. The van der Waals surface area contributed by atoms with Crippen molar-refractivity contribution in [3.63, 3.8) is 0 Å². The number of rotatable bonds is 5. The van der Waals surface area contributed by atoms with E-state index < -0.39 is 10.5 Å². The van der Waals surface area contributed by atoms with Crippen molar-refractivity contribution in [3.8, 4) is 11.8 Å². The molecule has 1 atom stereocenters. The van der Waals surface area contributed by atoms with E-state index >= 15 is 0 Å². The lowest BCUT2D eigenvalue weighted by Crippen LogP contribution is -2.43. The zero-order valence-corrected chi connectivity index (χ0v) is 9.64. The van der Waals surface area contributed by atoms with E-state index in [2.05, 4.69) is 5.32 Å². The van der Waals surface area contributed by atoms with Crippen LogP contribution < -0.4 is 10.1 Å². The van der Waals surface area contributed by atoms with Crippen LogP contribution in [0.15, 0.2) is 24.3 Å². The normalized spacial score (nSPS) is 13.5. The van der Waals surface area contributed by atoms with Crippen LogP contribution in [0.5, 0.6) is 5.75 Å². The molecule has 6 nitrogen and oxygen atoms in total. The minimum absolute atomic E-state index is 0.0326. The highest BCUT2D eigenvalue weighted by molar-refractivity contribution is 5.45. The van der Waals surface area contributed by atoms with Crippen molar-refractivity contribution in [2.75, 3.05) is 13.7 Å². The molecule has 1 unspecified atom stereocenters. The fourth-order valence-corrected chi connectivity index (χ4v) is 1.11. The molecule has 0 aliphatic carbocycles. The Labute approximate surface area is 99.0 Å². The maximum Gasteiger partial charge on any atom is 0.310 e. The molecule has 0 spiro atoms. The van der Waals surface area contributed by atoms with Crippen LogP contribution >= 0.6 is 0 Å². The summed E-state index contributed by atoms with van der Waals surface area (Å²) in [6.45, 7) is 1.69. The Hall–Kier alpha value is -2.13. The molecule has 90 valence electrons. The molecule has 0 aliphatic heterocycles. The highest BCUT2D eigenvalue weighted by Gasteiger charge is 2.24. The fourth-order valence-electron chi connectivity index (χ4n) is 1.11. The number of nitriles is 1. The summed E-state index contributed by atoms with van der Waals surface area (Å²) < 4.78 is 5.32. The average Bonchev–Trinajstić information content (AvgIpc) is 2.36. The lowest BCUT2D eigenvalue weighted by Gasteiger charge is -2.20. The second-order valence-electron chi connectivity index (χ2n) is 3.71. The predicted molar refractivity (Wildman–Crippen MR) is 61.7 cm³/mol. The number of hydrogen-bond donors (Lipinski definition) is 1. The van der Waals surface area contributed by atoms with Gasteiger partial charge in [0.2, 0.25) is 0 Å². The van der Waals surface area contributed by atoms with Gasteiger partial charge in [0.1, 0.15) is 12.1 Å². The third-order valence-electron chi connectivity index (χ3n) is 2.38. The maximum atomic E-state index is 10.7. The molecule has 0 aromatic heterocycles. The Morgan fingerprint density at radius 1 is 1.59 bits per heavy atom. The van der Waals surface area contributed by atoms with Crippen molar-refractivity contribution >= 4 is 5.69 Å². The van der Waals surface area contributed by atoms with Crippen LogP contribution in [0.2, 0.25) is 0 Å². The minimum Gasteiger partial charge on any atom is -0.484 e. The van der Waals surface area contributed by atoms with Crippen molar-refractivity contribution in [2.24, 2.45) is 0 Å². The van der Waals surface area contributed by atoms with E-state index in [1.54, 1.807) is 26.1 Å². The summed E-state index contributed by atoms with van der Waals surface area (Å²) in [5.74, 6) is 0.161. The molecule has 17 heavy (non-hydrogen) atoms. The SMILES string of the molecule is CNC(C)(C#N)COc1ccccc1[N+](=O)[O-]. The Kier molecular flexibility index (Phi) is 4.01. The number of ether oxygens (including phenoxy) is 1. The fraction of sp³-hybridized carbons (Fsp3) is 0.364. The molecule has 0 heterocycles. The summed E-state index contributed by atoms with van der Waals surface area (Å²) >= 11 is 0. The molecule has 1 aromatic rings. The molecule has 0 amide bonds. The number of nitro groups is 1. The third-order valence-corrected chi connectivity index (χ3v) is 2.38. The maximum absolute atomic E-state index is 10.7. The molecule has 0 saturated carbocycles. The van der Waals surface area contributed by atoms with Gasteiger partial charge in [0, 0.05) is 6.07 Å². The molecule has 0 fully saturated rings. The van der Waals surface area contributed by atoms with Gasteiger partial charge < -0.3 is 4.74 Å². The first-order chi connectivity index (χ1) is 8.02. The zero-order chi connectivity index (χ0) is 12.9. The smallest absolute Gasteiger partial charge is 0.310 e. The molecule has 0 aliphatic rings. The number of likely N-dealkylation sites (N-methyl/N-ethyl adjacent to an activating group) is 1. The quantitative estimate of drug-likeness (QED) is 0.616. The highest BCUT2D eigenvalue weighted by atomic mass is 16.6. The van der Waals surface area contributed by atoms with Gasteiger partial charge in [-0.2, -0.15) is 5.26 Å². The number of benzene rings is 1. The first-order valence-electron chi connectivity index (χ1n) is 4.99. The van der Waals surface area contributed by atoms with E-state index in [4.69, 9.17) is 10.00 Å². The van der Waals surface area contributed by atoms with Crippen molar-refractivity contribution in [1.82, 2.24) is 5.32 Å². The molecular weight excluding hydrogens is 222 g/mol. The highest BCUT2D eigenvalue weighted by Crippen LogP contribution is 2.26. The molecule has 1 rings (SSSR count). The predicted octanol–water partition coefficient (Wildman–Crippen LogP) is 1.48. The summed E-state index contributed by atoms with van der Waals surface area (Å²) in [5.41, 5.74) is -0.979. The van der Waals surface area contributed by atoms with Gasteiger partial charge in [0.25, 0.3) is 0 Å². The summed E-state index contributed by atoms with van der Waals surface area (Å²) in [6.07, 6.45) is 0. The monoisotopic (exact) mass is 235 g/mol. The van der Waals surface area contributed by atoms with Gasteiger partial charge >= 0.3 is 5.69 Å². The lowest BCUT2D eigenvalue weighted by molar-refractivity contribution is -0.385. The zero-order valence-electron chi connectivity index (χ0n) is 9.64. The standard InChI is InChI=1S/C11H13N3O3/c1-11(7-12,13-2)8-17-10-6-4-3-5-9(10)14(15)16/h3-6,13H,8H2,1-2H3. The Balaban J connectivity index is 2.83. The summed E-state index contributed by atoms with van der Waals surface area (Å²) in [6, 6.07) is 8.11. The number of nitro benzene ring substituents is 1. The summed E-state index contributed by atoms with van der Waals surface area (Å²) in [4.78, 5) is 10.2. The van der Waals surface area contributed by atoms with Crippen LogP contribution in [0.1, 0.15) is 6.92 Å². The van der Waals surface area contributed by atoms with E-state index in [1.165, 1.54) is 12.1 Å². The average molecular weight is 235 g/mol. The van der Waals surface area contributed by atoms with E-state index in [0.29, 0.717) is 0 Å². The lowest BCUT2D eigenvalue weighted by atomic mass is 10.1. The van der Waals surface area contributed by atoms with Crippen molar-refractivity contribution in [1.29, 1.82) is 5.26 Å². The second-order valence-corrected chi connectivity index (χ2v) is 3.71. The van der Waals surface area contributed by atoms with E-state index in [0.717, 1.165) is 0 Å². The second kappa shape index (κ2) is 5.27. The van der Waals surface area contributed by atoms with Gasteiger partial charge in [-0.3, -0.25) is 15.4 Å². The third kappa shape index (κ3) is 3.16. The number of nitrogens with one attached hydrogen (secondary N) is 1. The van der Waals surface area contributed by atoms with Crippen LogP contribution in [0.4, 0.5) is 5.69 Å². The molecular formula is C11H13N3O3. The van der Waals surface area contributed by atoms with Gasteiger partial charge in [-0.05, 0) is 20.0 Å². The first kappa shape index (κ1) is 12.9. The van der Waals surface area contributed by atoms with Gasteiger partial charge in [0.15, 0.2) is 5.75 Å². The van der Waals surface area contributed by atoms with Gasteiger partial charge in [0.05, 0.1) is 11.0 Å². The Morgan fingerprint density at radius 3 is 2.76 bits per heavy atom. The number of para-hydroxylation sites is 2. The van der Waals surface area contributed by atoms with Gasteiger partial charge in [-0.25, -0.2) is 0 Å². The van der Waals surface area contributed by atoms with Crippen LogP contribution in [0, 0.1) is 21.4 Å². The van der Waals surface area contributed by atoms with Crippen molar-refractivity contribution < 1.29 is 9.66 Å². The van der Waals surface area contributed by atoms with Gasteiger partial charge in [-0.1, -0.05) is 12.1 Å². The number of nitrogens with zero attached hydrogens (tertiary/aromatic N) is 2. The van der Waals surface area contributed by atoms with Crippen LogP contribution in [0.25, 0.3) is 0 Å². The summed E-state index contributed by atoms with van der Waals surface area (Å²) in [5, 5.41) is 22.4. The number of hydrogen-bond acceptors (Lipinski definition) is 5. The summed E-state index contributed by atoms with van der Waals surface area (Å²) in [7, 11) is 1.63. The minimum atomic E-state index is -0.871. The molecule has 0 saturated heterocycles. The van der Waals surface area contributed by atoms with Crippen LogP contribution in [-0.2, 0) is 0 Å². The first-order valence-corrected chi connectivity index (χ1v) is 4.99. The van der Waals surface area contributed by atoms with Crippen LogP contribution in [-0.4, -0.2) is 24.1 Å². The Bertz CT molecular complexity index is 456. The largest absolute Gasteiger partial charge is 0.484 e. The van der Waals surface area contributed by atoms with Crippen molar-refractivity contribution in [3.05, 3.63) is 34.4 Å². The van der Waals surface area contributed by atoms with Crippen molar-refractivity contribution in [2.45, 2.75) is 12.5 Å². The molecule has 0 bridgehead atoms. The topological polar surface area (TPSA) is 88.2 Å². The molecule has 0 radical (unpaired) electrons. The van der Waals surface area contributed by atoms with Crippen LogP contribution in [0.3, 0.4) is 0 Å². The molecule has 6 heteroatoms. The molecule has 1 N–H and O–H groups in total. The van der Waals surface area contributed by atoms with Gasteiger partial charge in [-0.15, -0.1) is 0 Å². The van der Waals surface area contributed by atoms with E-state index in [-0.39, 0.29) is 18.0 Å². The van der Waals surface area contributed by atoms with E-state index in [1.807, 2.05) is 6.07 Å². The molecule has 1 aromatic carbocycles. The van der Waals surface area contributed by atoms with E-state index in [9.17, 15) is 10.1 Å².